The quantitative estimate of drug-likeness (QED) is 0.800. The molecule has 1 aromatic rings. The molecule has 17 heavy (non-hydrogen) atoms. The van der Waals surface area contributed by atoms with Crippen LogP contribution < -0.4 is 10.6 Å². The van der Waals surface area contributed by atoms with E-state index in [-0.39, 0.29) is 6.42 Å². The molecular formula is C12H19N3O2. The van der Waals surface area contributed by atoms with Crippen LogP contribution in [0.2, 0.25) is 0 Å². The molecule has 0 atom stereocenters. The number of carbonyl (C=O) groups is 1. The number of hydrogen-bond donors (Lipinski definition) is 2. The van der Waals surface area contributed by atoms with E-state index in [1.807, 2.05) is 31.9 Å². The van der Waals surface area contributed by atoms with Gasteiger partial charge in [0.05, 0.1) is 6.42 Å². The van der Waals surface area contributed by atoms with Gasteiger partial charge in [-0.15, -0.1) is 0 Å². The molecular weight excluding hydrogens is 218 g/mol. The summed E-state index contributed by atoms with van der Waals surface area (Å²) >= 11 is 0. The third kappa shape index (κ3) is 3.42. The predicted molar refractivity (Wildman–Crippen MR) is 67.1 cm³/mol. The van der Waals surface area contributed by atoms with Gasteiger partial charge in [0.15, 0.2) is 0 Å². The summed E-state index contributed by atoms with van der Waals surface area (Å²) in [6.07, 6.45) is 0.0924. The van der Waals surface area contributed by atoms with Crippen molar-refractivity contribution in [1.82, 2.24) is 4.98 Å². The molecule has 3 N–H and O–H groups in total. The molecule has 1 rings (SSSR count). The standard InChI is InChI=1S/C12H19N3O2/c1-8-6-9(2)14-12(10(8)7-13)15(3)5-4-11(16)17/h6H,4-5,7,13H2,1-3H3,(H,16,17). The Morgan fingerprint density at radius 1 is 1.53 bits per heavy atom. The molecule has 0 saturated carbocycles. The lowest BCUT2D eigenvalue weighted by molar-refractivity contribution is -0.136. The minimum Gasteiger partial charge on any atom is -0.481 e. The molecule has 0 spiro atoms. The molecule has 0 aliphatic rings. The van der Waals surface area contributed by atoms with E-state index in [1.54, 1.807) is 0 Å². The van der Waals surface area contributed by atoms with Gasteiger partial charge < -0.3 is 15.7 Å². The molecule has 1 aromatic heterocycles. The number of carboxylic acids is 1. The number of hydrogen-bond acceptors (Lipinski definition) is 4. The van der Waals surface area contributed by atoms with E-state index in [9.17, 15) is 4.79 Å². The summed E-state index contributed by atoms with van der Waals surface area (Å²) in [5.41, 5.74) is 8.70. The molecule has 5 heteroatoms. The van der Waals surface area contributed by atoms with Gasteiger partial charge in [0.25, 0.3) is 0 Å². The van der Waals surface area contributed by atoms with Gasteiger partial charge >= 0.3 is 5.97 Å². The zero-order chi connectivity index (χ0) is 13.0. The molecule has 0 fully saturated rings. The monoisotopic (exact) mass is 237 g/mol. The fraction of sp³-hybridized carbons (Fsp3) is 0.500. The second-order valence-electron chi connectivity index (χ2n) is 4.15. The first kappa shape index (κ1) is 13.4. The van der Waals surface area contributed by atoms with Gasteiger partial charge in [-0.05, 0) is 25.5 Å². The summed E-state index contributed by atoms with van der Waals surface area (Å²) in [6, 6.07) is 1.98. The average Bonchev–Trinajstić information content (AvgIpc) is 2.24. The Balaban J connectivity index is 2.98. The van der Waals surface area contributed by atoms with Gasteiger partial charge in [0.2, 0.25) is 0 Å². The fourth-order valence-corrected chi connectivity index (χ4v) is 1.78. The maximum absolute atomic E-state index is 10.6. The lowest BCUT2D eigenvalue weighted by Gasteiger charge is -2.22. The molecule has 0 aromatic carbocycles. The van der Waals surface area contributed by atoms with Crippen LogP contribution >= 0.6 is 0 Å². The van der Waals surface area contributed by atoms with Crippen molar-refractivity contribution in [3.8, 4) is 0 Å². The first-order valence-electron chi connectivity index (χ1n) is 5.55. The summed E-state index contributed by atoms with van der Waals surface area (Å²) in [5, 5.41) is 8.67. The van der Waals surface area contributed by atoms with Crippen molar-refractivity contribution in [3.63, 3.8) is 0 Å². The molecule has 0 saturated heterocycles. The van der Waals surface area contributed by atoms with Crippen LogP contribution in [0.1, 0.15) is 23.2 Å². The Morgan fingerprint density at radius 2 is 2.18 bits per heavy atom. The van der Waals surface area contributed by atoms with E-state index in [0.717, 1.165) is 22.6 Å². The van der Waals surface area contributed by atoms with Crippen LogP contribution in [0.5, 0.6) is 0 Å². The Hall–Kier alpha value is -1.62. The van der Waals surface area contributed by atoms with E-state index >= 15 is 0 Å². The highest BCUT2D eigenvalue weighted by molar-refractivity contribution is 5.67. The van der Waals surface area contributed by atoms with Crippen molar-refractivity contribution in [1.29, 1.82) is 0 Å². The van der Waals surface area contributed by atoms with Crippen LogP contribution in [0.3, 0.4) is 0 Å². The molecule has 0 radical (unpaired) electrons. The summed E-state index contributed by atoms with van der Waals surface area (Å²) < 4.78 is 0. The van der Waals surface area contributed by atoms with E-state index in [4.69, 9.17) is 10.8 Å². The predicted octanol–water partition coefficient (Wildman–Crippen LogP) is 1.07. The van der Waals surface area contributed by atoms with E-state index in [0.29, 0.717) is 13.1 Å². The van der Waals surface area contributed by atoms with Crippen LogP contribution in [-0.2, 0) is 11.3 Å². The largest absolute Gasteiger partial charge is 0.481 e. The Kier molecular flexibility index (Phi) is 4.45. The highest BCUT2D eigenvalue weighted by atomic mass is 16.4. The van der Waals surface area contributed by atoms with Crippen LogP contribution in [0.25, 0.3) is 0 Å². The highest BCUT2D eigenvalue weighted by Gasteiger charge is 2.12. The van der Waals surface area contributed by atoms with Gasteiger partial charge in [-0.25, -0.2) is 4.98 Å². The zero-order valence-electron chi connectivity index (χ0n) is 10.5. The van der Waals surface area contributed by atoms with Gasteiger partial charge in [-0.1, -0.05) is 0 Å². The number of carboxylic acid groups (broad SMARTS) is 1. The van der Waals surface area contributed by atoms with E-state index in [1.165, 1.54) is 0 Å². The third-order valence-electron chi connectivity index (χ3n) is 2.68. The Labute approximate surface area is 101 Å². The van der Waals surface area contributed by atoms with Crippen molar-refractivity contribution in [2.24, 2.45) is 5.73 Å². The maximum atomic E-state index is 10.6. The number of aromatic nitrogens is 1. The molecule has 0 unspecified atom stereocenters. The number of aryl methyl sites for hydroxylation is 2. The van der Waals surface area contributed by atoms with Crippen molar-refractivity contribution in [3.05, 3.63) is 22.9 Å². The molecule has 0 bridgehead atoms. The first-order valence-corrected chi connectivity index (χ1v) is 5.55. The molecule has 1 heterocycles. The number of rotatable bonds is 5. The smallest absolute Gasteiger partial charge is 0.305 e. The summed E-state index contributed by atoms with van der Waals surface area (Å²) in [4.78, 5) is 16.8. The number of pyridine rings is 1. The van der Waals surface area contributed by atoms with Crippen LogP contribution in [0.15, 0.2) is 6.07 Å². The lowest BCUT2D eigenvalue weighted by Crippen LogP contribution is -2.24. The second kappa shape index (κ2) is 5.63. The van der Waals surface area contributed by atoms with Crippen LogP contribution in [-0.4, -0.2) is 29.7 Å². The minimum atomic E-state index is -0.810. The van der Waals surface area contributed by atoms with Gasteiger partial charge in [-0.3, -0.25) is 4.79 Å². The normalized spacial score (nSPS) is 10.4. The maximum Gasteiger partial charge on any atom is 0.305 e. The van der Waals surface area contributed by atoms with Crippen LogP contribution in [0.4, 0.5) is 5.82 Å². The molecule has 0 aliphatic heterocycles. The lowest BCUT2D eigenvalue weighted by atomic mass is 10.1. The van der Waals surface area contributed by atoms with E-state index in [2.05, 4.69) is 4.98 Å². The summed E-state index contributed by atoms with van der Waals surface area (Å²) in [6.45, 7) is 4.75. The topological polar surface area (TPSA) is 79.5 Å². The molecule has 94 valence electrons. The third-order valence-corrected chi connectivity index (χ3v) is 2.68. The number of anilines is 1. The minimum absolute atomic E-state index is 0.0924. The van der Waals surface area contributed by atoms with Crippen molar-refractivity contribution < 1.29 is 9.90 Å². The van der Waals surface area contributed by atoms with Gasteiger partial charge in [-0.2, -0.15) is 0 Å². The summed E-state index contributed by atoms with van der Waals surface area (Å²) in [7, 11) is 1.84. The van der Waals surface area contributed by atoms with Crippen molar-refractivity contribution in [2.75, 3.05) is 18.5 Å². The van der Waals surface area contributed by atoms with Gasteiger partial charge in [0, 0.05) is 31.4 Å². The Bertz CT molecular complexity index is 418. The summed E-state index contributed by atoms with van der Waals surface area (Å²) in [5.74, 6) is -0.0261. The highest BCUT2D eigenvalue weighted by Crippen LogP contribution is 2.21. The number of nitrogens with two attached hydrogens (primary N) is 1. The molecule has 0 amide bonds. The second-order valence-corrected chi connectivity index (χ2v) is 4.15. The van der Waals surface area contributed by atoms with Crippen molar-refractivity contribution in [2.45, 2.75) is 26.8 Å². The SMILES string of the molecule is Cc1cc(C)c(CN)c(N(C)CCC(=O)O)n1. The van der Waals surface area contributed by atoms with Crippen molar-refractivity contribution >= 4 is 11.8 Å². The molecule has 5 nitrogen and oxygen atoms in total. The molecule has 0 aliphatic carbocycles. The first-order chi connectivity index (χ1) is 7.95. The van der Waals surface area contributed by atoms with Crippen LogP contribution in [0, 0.1) is 13.8 Å². The zero-order valence-corrected chi connectivity index (χ0v) is 10.5. The fourth-order valence-electron chi connectivity index (χ4n) is 1.78. The van der Waals surface area contributed by atoms with Gasteiger partial charge in [0.1, 0.15) is 5.82 Å². The Morgan fingerprint density at radius 3 is 2.71 bits per heavy atom. The average molecular weight is 237 g/mol. The number of aliphatic carboxylic acids is 1. The van der Waals surface area contributed by atoms with E-state index < -0.39 is 5.97 Å². The number of nitrogens with zero attached hydrogens (tertiary/aromatic N) is 2.